The van der Waals surface area contributed by atoms with Crippen molar-refractivity contribution in [2.24, 2.45) is 0 Å². The van der Waals surface area contributed by atoms with Crippen LogP contribution < -0.4 is 10.6 Å². The SMILES string of the molecule is O=[N+]([O-])c1c(Nc2ccc(Br)cn2)ncnc1NC(c1ccccc1)c1ccccc1. The van der Waals surface area contributed by atoms with Gasteiger partial charge in [0.25, 0.3) is 0 Å². The van der Waals surface area contributed by atoms with E-state index in [1.54, 1.807) is 18.3 Å². The van der Waals surface area contributed by atoms with Gasteiger partial charge in [0, 0.05) is 10.7 Å². The van der Waals surface area contributed by atoms with Crippen LogP contribution in [0.4, 0.5) is 23.1 Å². The lowest BCUT2D eigenvalue weighted by molar-refractivity contribution is -0.383. The third-order valence-electron chi connectivity index (χ3n) is 4.53. The monoisotopic (exact) mass is 476 g/mol. The van der Waals surface area contributed by atoms with Gasteiger partial charge in [0.2, 0.25) is 11.6 Å². The van der Waals surface area contributed by atoms with Gasteiger partial charge >= 0.3 is 5.69 Å². The van der Waals surface area contributed by atoms with Crippen LogP contribution >= 0.6 is 15.9 Å². The van der Waals surface area contributed by atoms with Crippen molar-refractivity contribution in [3.05, 3.63) is 111 Å². The first-order chi connectivity index (χ1) is 15.1. The van der Waals surface area contributed by atoms with Crippen molar-refractivity contribution in [3.8, 4) is 0 Å². The summed E-state index contributed by atoms with van der Waals surface area (Å²) in [6, 6.07) is 22.5. The average molecular weight is 477 g/mol. The standard InChI is InChI=1S/C22H17BrN6O2/c23-17-11-12-18(24-13-17)27-21-20(29(30)31)22(26-14-25-21)28-19(15-7-3-1-4-8-15)16-9-5-2-6-10-16/h1-14,19H,(H2,24,25,26,27,28). The number of hydrogen-bond acceptors (Lipinski definition) is 7. The molecule has 2 N–H and O–H groups in total. The van der Waals surface area contributed by atoms with Gasteiger partial charge in [0.1, 0.15) is 12.1 Å². The Morgan fingerprint density at radius 2 is 1.45 bits per heavy atom. The van der Waals surface area contributed by atoms with Crippen LogP contribution in [0.5, 0.6) is 0 Å². The molecule has 0 aliphatic heterocycles. The molecule has 9 heteroatoms. The molecule has 0 aliphatic carbocycles. The summed E-state index contributed by atoms with van der Waals surface area (Å²) in [4.78, 5) is 23.9. The minimum absolute atomic E-state index is 0.0530. The van der Waals surface area contributed by atoms with E-state index < -0.39 is 4.92 Å². The number of aromatic nitrogens is 3. The number of nitrogens with one attached hydrogen (secondary N) is 2. The van der Waals surface area contributed by atoms with Gasteiger partial charge < -0.3 is 10.6 Å². The summed E-state index contributed by atoms with van der Waals surface area (Å²) in [5.41, 5.74) is 1.64. The van der Waals surface area contributed by atoms with Gasteiger partial charge in [-0.1, -0.05) is 60.7 Å². The van der Waals surface area contributed by atoms with Crippen LogP contribution in [0.25, 0.3) is 0 Å². The zero-order valence-corrected chi connectivity index (χ0v) is 17.7. The van der Waals surface area contributed by atoms with Gasteiger partial charge in [0.15, 0.2) is 0 Å². The summed E-state index contributed by atoms with van der Waals surface area (Å²) in [6.07, 6.45) is 2.87. The number of rotatable bonds is 7. The highest BCUT2D eigenvalue weighted by molar-refractivity contribution is 9.10. The lowest BCUT2D eigenvalue weighted by Gasteiger charge is -2.20. The highest BCUT2D eigenvalue weighted by Crippen LogP contribution is 2.34. The minimum Gasteiger partial charge on any atom is -0.353 e. The van der Waals surface area contributed by atoms with Crippen LogP contribution in [-0.4, -0.2) is 19.9 Å². The molecule has 0 amide bonds. The summed E-state index contributed by atoms with van der Waals surface area (Å²) in [7, 11) is 0. The molecule has 8 nitrogen and oxygen atoms in total. The molecule has 0 aliphatic rings. The molecule has 2 aromatic carbocycles. The molecule has 0 spiro atoms. The maximum absolute atomic E-state index is 12.0. The average Bonchev–Trinajstić information content (AvgIpc) is 2.80. The normalized spacial score (nSPS) is 10.6. The van der Waals surface area contributed by atoms with E-state index in [2.05, 4.69) is 41.5 Å². The smallest absolute Gasteiger partial charge is 0.353 e. The van der Waals surface area contributed by atoms with Crippen molar-refractivity contribution < 1.29 is 4.92 Å². The van der Waals surface area contributed by atoms with Crippen LogP contribution in [0, 0.1) is 10.1 Å². The van der Waals surface area contributed by atoms with Gasteiger partial charge in [-0.05, 0) is 39.2 Å². The van der Waals surface area contributed by atoms with E-state index in [1.165, 1.54) is 6.33 Å². The van der Waals surface area contributed by atoms with Gasteiger partial charge in [-0.15, -0.1) is 0 Å². The van der Waals surface area contributed by atoms with Crippen molar-refractivity contribution in [1.29, 1.82) is 0 Å². The van der Waals surface area contributed by atoms with E-state index in [-0.39, 0.29) is 23.4 Å². The Morgan fingerprint density at radius 3 is 2.00 bits per heavy atom. The zero-order valence-electron chi connectivity index (χ0n) is 16.1. The molecule has 0 saturated carbocycles. The Kier molecular flexibility index (Phi) is 6.13. The summed E-state index contributed by atoms with van der Waals surface area (Å²) < 4.78 is 0.797. The van der Waals surface area contributed by atoms with Crippen LogP contribution in [-0.2, 0) is 0 Å². The Bertz CT molecular complexity index is 1130. The minimum atomic E-state index is -0.503. The van der Waals surface area contributed by atoms with Crippen molar-refractivity contribution in [1.82, 2.24) is 15.0 Å². The van der Waals surface area contributed by atoms with E-state index in [0.717, 1.165) is 15.6 Å². The molecule has 31 heavy (non-hydrogen) atoms. The maximum Gasteiger partial charge on any atom is 0.353 e. The molecule has 0 unspecified atom stereocenters. The quantitative estimate of drug-likeness (QED) is 0.268. The molecule has 4 aromatic rings. The molecule has 4 rings (SSSR count). The number of hydrogen-bond donors (Lipinski definition) is 2. The summed E-state index contributed by atoms with van der Waals surface area (Å²) >= 11 is 3.32. The topological polar surface area (TPSA) is 106 Å². The van der Waals surface area contributed by atoms with Gasteiger partial charge in [-0.25, -0.2) is 15.0 Å². The van der Waals surface area contributed by atoms with Crippen LogP contribution in [0.15, 0.2) is 89.8 Å². The first-order valence-electron chi connectivity index (χ1n) is 9.36. The second-order valence-electron chi connectivity index (χ2n) is 6.56. The first kappa shape index (κ1) is 20.4. The van der Waals surface area contributed by atoms with E-state index >= 15 is 0 Å². The van der Waals surface area contributed by atoms with Crippen LogP contribution in [0.1, 0.15) is 17.2 Å². The third kappa shape index (κ3) is 4.84. The fourth-order valence-corrected chi connectivity index (χ4v) is 3.34. The summed E-state index contributed by atoms with van der Waals surface area (Å²) in [6.45, 7) is 0. The molecular weight excluding hydrogens is 460 g/mol. The number of anilines is 3. The fraction of sp³-hybridized carbons (Fsp3) is 0.0455. The third-order valence-corrected chi connectivity index (χ3v) is 4.99. The zero-order chi connectivity index (χ0) is 21.6. The molecular formula is C22H17BrN6O2. The lowest BCUT2D eigenvalue weighted by atomic mass is 9.99. The predicted octanol–water partition coefficient (Wildman–Crippen LogP) is 5.49. The molecule has 154 valence electrons. The second-order valence-corrected chi connectivity index (χ2v) is 7.48. The van der Waals surface area contributed by atoms with Gasteiger partial charge in [0.05, 0.1) is 11.0 Å². The van der Waals surface area contributed by atoms with E-state index in [1.807, 2.05) is 60.7 Å². The number of halogens is 1. The largest absolute Gasteiger partial charge is 0.353 e. The van der Waals surface area contributed by atoms with Crippen molar-refractivity contribution in [2.45, 2.75) is 6.04 Å². The second kappa shape index (κ2) is 9.31. The van der Waals surface area contributed by atoms with E-state index in [9.17, 15) is 10.1 Å². The van der Waals surface area contributed by atoms with Gasteiger partial charge in [-0.3, -0.25) is 10.1 Å². The maximum atomic E-state index is 12.0. The van der Waals surface area contributed by atoms with Crippen LogP contribution in [0.2, 0.25) is 0 Å². The molecule has 2 heterocycles. The summed E-state index contributed by atoms with van der Waals surface area (Å²) in [5, 5.41) is 18.1. The molecule has 0 fully saturated rings. The van der Waals surface area contributed by atoms with Crippen molar-refractivity contribution in [2.75, 3.05) is 10.6 Å². The number of nitro groups is 1. The highest BCUT2D eigenvalue weighted by atomic mass is 79.9. The molecule has 0 radical (unpaired) electrons. The Labute approximate surface area is 186 Å². The van der Waals surface area contributed by atoms with E-state index in [4.69, 9.17) is 0 Å². The van der Waals surface area contributed by atoms with Crippen molar-refractivity contribution in [3.63, 3.8) is 0 Å². The van der Waals surface area contributed by atoms with Crippen molar-refractivity contribution >= 4 is 39.1 Å². The molecule has 0 bridgehead atoms. The number of pyridine rings is 1. The van der Waals surface area contributed by atoms with Gasteiger partial charge in [-0.2, -0.15) is 0 Å². The molecule has 0 atom stereocenters. The Hall–Kier alpha value is -3.85. The number of nitrogens with zero attached hydrogens (tertiary/aromatic N) is 4. The van der Waals surface area contributed by atoms with Crippen LogP contribution in [0.3, 0.4) is 0 Å². The lowest BCUT2D eigenvalue weighted by Crippen LogP contribution is -2.15. The van der Waals surface area contributed by atoms with E-state index in [0.29, 0.717) is 5.82 Å². The molecule has 0 saturated heterocycles. The Morgan fingerprint density at radius 1 is 0.839 bits per heavy atom. The highest BCUT2D eigenvalue weighted by Gasteiger charge is 2.26. The Balaban J connectivity index is 1.74. The first-order valence-corrected chi connectivity index (χ1v) is 10.2. The summed E-state index contributed by atoms with van der Waals surface area (Å²) in [5.74, 6) is 0.591. The number of benzene rings is 2. The predicted molar refractivity (Wildman–Crippen MR) is 122 cm³/mol. The molecule has 2 aromatic heterocycles. The fourth-order valence-electron chi connectivity index (χ4n) is 3.11.